The molecule has 0 bridgehead atoms. The minimum Gasteiger partial charge on any atom is -0.462 e. The molecule has 3 fully saturated rings. The Labute approximate surface area is 403 Å². The van der Waals surface area contributed by atoms with E-state index in [-0.39, 0.29) is 47.6 Å². The Morgan fingerprint density at radius 1 is 0.941 bits per heavy atom. The summed E-state index contributed by atoms with van der Waals surface area (Å²) in [5.41, 5.74) is 11.8. The fraction of sp³-hybridized carbons (Fsp3) is 0.561. The molecule has 0 saturated heterocycles. The van der Waals surface area contributed by atoms with Crippen molar-refractivity contribution >= 4 is 40.9 Å². The first-order valence-corrected chi connectivity index (χ1v) is 25.4. The van der Waals surface area contributed by atoms with Crippen molar-refractivity contribution in [2.24, 2.45) is 46.3 Å². The van der Waals surface area contributed by atoms with Crippen LogP contribution in [-0.4, -0.2) is 42.9 Å². The molecule has 0 aromatic heterocycles. The number of hydrogen-bond acceptors (Lipinski definition) is 9. The van der Waals surface area contributed by atoms with Crippen molar-refractivity contribution in [2.45, 2.75) is 151 Å². The van der Waals surface area contributed by atoms with E-state index in [1.165, 1.54) is 63.9 Å². The normalized spacial score (nSPS) is 26.0. The van der Waals surface area contributed by atoms with Crippen LogP contribution in [0.2, 0.25) is 0 Å². The number of fused-ring (bicyclic) bond motifs is 7. The fourth-order valence-corrected chi connectivity index (χ4v) is 13.2. The van der Waals surface area contributed by atoms with E-state index in [1.807, 2.05) is 19.9 Å². The average molecular weight is 929 g/mol. The van der Waals surface area contributed by atoms with Gasteiger partial charge in [-0.15, -0.1) is 0 Å². The predicted molar refractivity (Wildman–Crippen MR) is 269 cm³/mol. The number of ether oxygens (including phenoxy) is 2. The van der Waals surface area contributed by atoms with Gasteiger partial charge in [-0.25, -0.2) is 0 Å². The maximum Gasteiger partial charge on any atom is 0.302 e. The molecule has 5 N–H and O–H groups in total. The first kappa shape index (κ1) is 50.4. The molecule has 11 nitrogen and oxygen atoms in total. The number of rotatable bonds is 15. The highest BCUT2D eigenvalue weighted by Gasteiger charge is 2.59. The highest BCUT2D eigenvalue weighted by Crippen LogP contribution is 2.67. The highest BCUT2D eigenvalue weighted by atomic mass is 16.5. The van der Waals surface area contributed by atoms with Gasteiger partial charge >= 0.3 is 5.97 Å². The summed E-state index contributed by atoms with van der Waals surface area (Å²) in [5, 5.41) is 14.6. The van der Waals surface area contributed by atoms with Crippen LogP contribution < -0.4 is 26.5 Å². The second-order valence-electron chi connectivity index (χ2n) is 21.6. The smallest absolute Gasteiger partial charge is 0.302 e. The van der Waals surface area contributed by atoms with Gasteiger partial charge in [0.25, 0.3) is 12.4 Å². The summed E-state index contributed by atoms with van der Waals surface area (Å²) in [5.74, 6) is 5.41. The Morgan fingerprint density at radius 3 is 2.46 bits per heavy atom. The summed E-state index contributed by atoms with van der Waals surface area (Å²) in [7, 11) is 0. The van der Waals surface area contributed by atoms with Gasteiger partial charge in [-0.2, -0.15) is 0 Å². The van der Waals surface area contributed by atoms with Gasteiger partial charge in [0.15, 0.2) is 0 Å². The van der Waals surface area contributed by atoms with Crippen LogP contribution in [0.15, 0.2) is 70.7 Å². The lowest BCUT2D eigenvalue weighted by atomic mass is 9.47. The summed E-state index contributed by atoms with van der Waals surface area (Å²) >= 11 is 0. The highest BCUT2D eigenvalue weighted by molar-refractivity contribution is 6.05. The standard InChI is InChI=1S/C29H48O2.C28H28N4O5/c1-19(2)8-7-9-20(3)25-12-13-26-24-11-10-22-18-23(31-21(4)30)14-16-28(22,5)27(24)15-17-29(25,26)6;1-3-4-26(34)32-16(2)14-31-28(35)17-5-8-20(23(11-17)36-15-33)27-21-9-6-18(29)12-24(21)37-25-13-19(30)7-10-22(25)27/h10,19-20,23-27H,7-9,11-18H2,1-6H3;5-13,15-16,29H,3-4,14,30H2,1-2H3,(H,31,35)(H,32,34)/t20-,23+,24?,25?,26?,27?,28+,29-;/m1./s1. The Bertz CT molecular complexity index is 2530. The molecular weight excluding hydrogens is 853 g/mol. The van der Waals surface area contributed by atoms with E-state index in [9.17, 15) is 19.2 Å². The van der Waals surface area contributed by atoms with Crippen LogP contribution >= 0.6 is 0 Å². The number of carbonyl (C=O) groups is 4. The molecule has 68 heavy (non-hydrogen) atoms. The number of nitrogens with one attached hydrogen (secondary N) is 3. The number of hydrogen-bond donors (Lipinski definition) is 4. The molecule has 1 heterocycles. The van der Waals surface area contributed by atoms with Crippen molar-refractivity contribution in [3.8, 4) is 28.2 Å². The Balaban J connectivity index is 0.000000204. The van der Waals surface area contributed by atoms with Gasteiger partial charge in [-0.3, -0.25) is 19.2 Å². The number of benzene rings is 3. The second kappa shape index (κ2) is 21.5. The van der Waals surface area contributed by atoms with Crippen LogP contribution in [0.4, 0.5) is 5.69 Å². The molecule has 11 heteroatoms. The van der Waals surface area contributed by atoms with Gasteiger partial charge in [0.05, 0.1) is 5.36 Å². The summed E-state index contributed by atoms with van der Waals surface area (Å²) in [6.45, 7) is 18.4. The first-order chi connectivity index (χ1) is 32.4. The maximum absolute atomic E-state index is 12.8. The number of esters is 1. The number of amides is 2. The van der Waals surface area contributed by atoms with Crippen molar-refractivity contribution in [2.75, 3.05) is 12.3 Å². The average Bonchev–Trinajstić information content (AvgIpc) is 3.65. The summed E-state index contributed by atoms with van der Waals surface area (Å²) in [6.07, 6.45) is 18.4. The van der Waals surface area contributed by atoms with Gasteiger partial charge in [0.1, 0.15) is 23.2 Å². The molecule has 6 aliphatic rings. The van der Waals surface area contributed by atoms with Crippen LogP contribution in [0.3, 0.4) is 0 Å². The molecule has 2 amide bonds. The topological polar surface area (TPSA) is 174 Å². The lowest BCUT2D eigenvalue weighted by Gasteiger charge is -2.58. The van der Waals surface area contributed by atoms with Gasteiger partial charge in [0, 0.05) is 77.8 Å². The van der Waals surface area contributed by atoms with Crippen LogP contribution in [0.5, 0.6) is 5.75 Å². The van der Waals surface area contributed by atoms with E-state index in [0.29, 0.717) is 63.0 Å². The predicted octanol–water partition coefficient (Wildman–Crippen LogP) is 11.8. The molecule has 0 spiro atoms. The van der Waals surface area contributed by atoms with Crippen molar-refractivity contribution in [1.29, 1.82) is 5.41 Å². The molecule has 0 radical (unpaired) electrons. The Morgan fingerprint density at radius 2 is 1.72 bits per heavy atom. The summed E-state index contributed by atoms with van der Waals surface area (Å²) in [6, 6.07) is 14.9. The van der Waals surface area contributed by atoms with E-state index < -0.39 is 0 Å². The van der Waals surface area contributed by atoms with E-state index in [0.717, 1.165) is 60.2 Å². The largest absolute Gasteiger partial charge is 0.462 e. The molecule has 9 atom stereocenters. The van der Waals surface area contributed by atoms with Gasteiger partial charge in [-0.05, 0) is 147 Å². The minimum absolute atomic E-state index is 0.0661. The number of carbonyl (C=O) groups excluding carboxylic acids is 4. The maximum atomic E-state index is 12.8. The van der Waals surface area contributed by atoms with Gasteiger partial charge in [0.2, 0.25) is 5.91 Å². The quantitative estimate of drug-likeness (QED) is 0.0300. The summed E-state index contributed by atoms with van der Waals surface area (Å²) in [4.78, 5) is 47.5. The van der Waals surface area contributed by atoms with E-state index in [1.54, 1.807) is 55.0 Å². The Kier molecular flexibility index (Phi) is 15.9. The van der Waals surface area contributed by atoms with Crippen LogP contribution in [0.25, 0.3) is 33.4 Å². The monoisotopic (exact) mass is 929 g/mol. The second-order valence-corrected chi connectivity index (χ2v) is 21.6. The SMILES string of the molecule is CC(=O)O[C@H]1CC[C@@]2(C)C(=CCC3C4CCC([C@H](C)CCCC(C)C)[C@@]4(C)CCC32)C1.CCCC(=O)NC(C)CNC(=O)c1ccc(-c2c3ccc(=N)cc-3oc3cc(N)ccc23)c(OC=O)c1. The summed E-state index contributed by atoms with van der Waals surface area (Å²) < 4.78 is 17.0. The van der Waals surface area contributed by atoms with Crippen molar-refractivity contribution in [3.63, 3.8) is 0 Å². The lowest BCUT2D eigenvalue weighted by molar-refractivity contribution is -0.148. The zero-order valence-electron chi connectivity index (χ0n) is 41.8. The molecule has 3 saturated carbocycles. The minimum atomic E-state index is -0.372. The van der Waals surface area contributed by atoms with Gasteiger partial charge < -0.3 is 35.7 Å². The van der Waals surface area contributed by atoms with Crippen molar-refractivity contribution in [1.82, 2.24) is 10.6 Å². The van der Waals surface area contributed by atoms with Gasteiger partial charge in [-0.1, -0.05) is 72.5 Å². The van der Waals surface area contributed by atoms with Crippen LogP contribution in [0, 0.1) is 51.7 Å². The molecule has 8 rings (SSSR count). The lowest BCUT2D eigenvalue weighted by Crippen LogP contribution is -2.51. The fourth-order valence-electron chi connectivity index (χ4n) is 13.2. The van der Waals surface area contributed by atoms with Crippen molar-refractivity contribution < 1.29 is 33.1 Å². The number of anilines is 1. The molecule has 2 aromatic carbocycles. The number of allylic oxidation sites excluding steroid dienone is 1. The zero-order chi connectivity index (χ0) is 48.9. The van der Waals surface area contributed by atoms with Crippen LogP contribution in [-0.2, 0) is 19.1 Å². The number of nitrogens with two attached hydrogens (primary N) is 1. The molecular formula is C57H76N4O7. The first-order valence-electron chi connectivity index (χ1n) is 25.4. The van der Waals surface area contributed by atoms with Crippen LogP contribution in [0.1, 0.15) is 149 Å². The molecule has 1 aliphatic heterocycles. The third kappa shape index (κ3) is 10.9. The van der Waals surface area contributed by atoms with E-state index in [4.69, 9.17) is 25.0 Å². The molecule has 366 valence electrons. The van der Waals surface area contributed by atoms with E-state index >= 15 is 0 Å². The van der Waals surface area contributed by atoms with Crippen molar-refractivity contribution in [3.05, 3.63) is 77.2 Å². The zero-order valence-corrected chi connectivity index (χ0v) is 41.8. The third-order valence-corrected chi connectivity index (χ3v) is 16.5. The Hall–Kier alpha value is -5.45. The van der Waals surface area contributed by atoms with E-state index in [2.05, 4.69) is 51.3 Å². The third-order valence-electron chi connectivity index (χ3n) is 16.5. The molecule has 5 unspecified atom stereocenters. The number of nitrogen functional groups attached to an aromatic ring is 1. The molecule has 5 aliphatic carbocycles. The molecule has 2 aromatic rings.